The van der Waals surface area contributed by atoms with E-state index < -0.39 is 80.2 Å². The first kappa shape index (κ1) is 47.2. The summed E-state index contributed by atoms with van der Waals surface area (Å²) in [5, 5.41) is 19.5. The Morgan fingerprint density at radius 1 is 0.597 bits per heavy atom. The number of carboxylic acids is 2. The molecule has 0 spiro atoms. The molecule has 2 unspecified atom stereocenters. The molecule has 2 amide bonds. The van der Waals surface area contributed by atoms with Crippen molar-refractivity contribution in [3.05, 3.63) is 106 Å². The Morgan fingerprint density at radius 3 is 1.40 bits per heavy atom. The molecule has 2 N–H and O–H groups in total. The largest absolute Gasteiger partial charge is 0.480 e. The summed E-state index contributed by atoms with van der Waals surface area (Å²) in [6.45, 7) is 0.423. The van der Waals surface area contributed by atoms with Crippen LogP contribution in [0, 0.1) is 0 Å². The maximum Gasteiger partial charge on any atom is 0.418 e. The monoisotopic (exact) mass is 952 g/mol. The number of carbonyl (C=O) groups excluding carboxylic acids is 2. The minimum atomic E-state index is -5.20. The highest BCUT2D eigenvalue weighted by molar-refractivity contribution is 7.99. The fraction of sp³-hybridized carbons (Fsp3) is 0.333. The third-order valence-corrected chi connectivity index (χ3v) is 13.2. The number of alkyl halides is 6. The van der Waals surface area contributed by atoms with Gasteiger partial charge in [0.25, 0.3) is 0 Å². The van der Waals surface area contributed by atoms with Gasteiger partial charge in [-0.05, 0) is 109 Å². The molecule has 0 aliphatic carbocycles. The summed E-state index contributed by atoms with van der Waals surface area (Å²) < 4.78 is 94.8. The van der Waals surface area contributed by atoms with E-state index in [1.54, 1.807) is 0 Å². The van der Waals surface area contributed by atoms with E-state index in [2.05, 4.69) is 0 Å². The number of amides is 2. The van der Waals surface area contributed by atoms with Crippen molar-refractivity contribution in [2.75, 3.05) is 26.3 Å². The smallest absolute Gasteiger partial charge is 0.418 e. The van der Waals surface area contributed by atoms with Crippen LogP contribution in [0.5, 0.6) is 11.5 Å². The van der Waals surface area contributed by atoms with Gasteiger partial charge in [-0.1, -0.05) is 36.0 Å². The third kappa shape index (κ3) is 10.2. The van der Waals surface area contributed by atoms with Crippen molar-refractivity contribution in [3.63, 3.8) is 0 Å². The third-order valence-electron chi connectivity index (χ3n) is 12.0. The van der Waals surface area contributed by atoms with Crippen molar-refractivity contribution in [3.8, 4) is 33.8 Å². The molecule has 4 heterocycles. The topological polar surface area (TPSA) is 152 Å². The number of nitrogens with zero attached hydrogens (tertiary/aromatic N) is 2. The summed E-state index contributed by atoms with van der Waals surface area (Å²) in [4.78, 5) is 72.4. The first-order chi connectivity index (χ1) is 32.0. The van der Waals surface area contributed by atoms with Crippen LogP contribution in [0.4, 0.5) is 26.3 Å². The lowest BCUT2D eigenvalue weighted by atomic mass is 9.91. The van der Waals surface area contributed by atoms with Crippen LogP contribution in [0.2, 0.25) is 0 Å². The number of carbonyl (C=O) groups is 4. The van der Waals surface area contributed by atoms with Gasteiger partial charge in [-0.15, -0.1) is 0 Å². The summed E-state index contributed by atoms with van der Waals surface area (Å²) in [6.07, 6.45) is -3.01. The second kappa shape index (κ2) is 19.5. The lowest BCUT2D eigenvalue weighted by Gasteiger charge is -2.32. The number of rotatable bonds is 10. The average molecular weight is 953 g/mol. The molecule has 12 nitrogen and oxygen atoms in total. The van der Waals surface area contributed by atoms with Gasteiger partial charge in [-0.3, -0.25) is 9.59 Å². The molecule has 0 radical (unpaired) electrons. The molecule has 4 aliphatic heterocycles. The summed E-state index contributed by atoms with van der Waals surface area (Å²) in [5.74, 6) is -3.41. The van der Waals surface area contributed by atoms with Crippen LogP contribution in [0.15, 0.2) is 82.6 Å². The number of piperidine rings is 2. The van der Waals surface area contributed by atoms with E-state index in [1.807, 2.05) is 0 Å². The van der Waals surface area contributed by atoms with Gasteiger partial charge in [0.2, 0.25) is 11.8 Å². The highest BCUT2D eigenvalue weighted by Crippen LogP contribution is 2.52. The second-order valence-corrected chi connectivity index (χ2v) is 17.4. The van der Waals surface area contributed by atoms with Crippen LogP contribution in [-0.2, 0) is 54.1 Å². The van der Waals surface area contributed by atoms with Crippen molar-refractivity contribution in [1.29, 1.82) is 0 Å². The lowest BCUT2D eigenvalue weighted by Crippen LogP contribution is -2.47. The highest BCUT2D eigenvalue weighted by Gasteiger charge is 2.42. The fourth-order valence-electron chi connectivity index (χ4n) is 8.91. The normalized spacial score (nSPS) is 18.8. The van der Waals surface area contributed by atoms with E-state index in [0.29, 0.717) is 36.8 Å². The minimum Gasteiger partial charge on any atom is -0.480 e. The molecular weight excluding hydrogens is 911 g/mol. The number of hydrogen-bond acceptors (Lipinski definition) is 9. The van der Waals surface area contributed by atoms with Crippen molar-refractivity contribution < 1.29 is 75.3 Å². The Morgan fingerprint density at radius 2 is 1.01 bits per heavy atom. The average Bonchev–Trinajstić information content (AvgIpc) is 3.31. The predicted molar refractivity (Wildman–Crippen MR) is 230 cm³/mol. The van der Waals surface area contributed by atoms with Crippen LogP contribution in [0.3, 0.4) is 0 Å². The molecule has 352 valence electrons. The number of carboxylic acid groups (broad SMARTS) is 2. The van der Waals surface area contributed by atoms with Gasteiger partial charge in [-0.2, -0.15) is 36.1 Å². The zero-order valence-corrected chi connectivity index (χ0v) is 36.3. The number of aliphatic carboxylic acids is 2. The Balaban J connectivity index is 1.29. The van der Waals surface area contributed by atoms with Crippen LogP contribution in [-0.4, -0.2) is 82.2 Å². The number of likely N-dealkylation sites (tertiary alicyclic amines) is 2. The Hall–Kier alpha value is -6.31. The van der Waals surface area contributed by atoms with Gasteiger partial charge >= 0.3 is 24.3 Å². The second-order valence-electron chi connectivity index (χ2n) is 16.3. The van der Waals surface area contributed by atoms with E-state index in [-0.39, 0.29) is 97.5 Å². The molecule has 4 aliphatic rings. The van der Waals surface area contributed by atoms with Crippen molar-refractivity contribution in [2.24, 2.45) is 0 Å². The quantitative estimate of drug-likeness (QED) is 0.0888. The van der Waals surface area contributed by atoms with Gasteiger partial charge in [-0.25, -0.2) is 9.59 Å². The Kier molecular flexibility index (Phi) is 13.7. The fourth-order valence-corrected chi connectivity index (χ4v) is 10.1. The van der Waals surface area contributed by atoms with Crippen LogP contribution in [0.1, 0.15) is 71.9 Å². The minimum absolute atomic E-state index is 0.00787. The summed E-state index contributed by atoms with van der Waals surface area (Å²) in [6, 6.07) is 10.7. The van der Waals surface area contributed by atoms with E-state index in [4.69, 9.17) is 19.6 Å². The molecule has 8 rings (SSSR count). The van der Waals surface area contributed by atoms with Gasteiger partial charge in [0.05, 0.1) is 24.3 Å². The molecule has 19 heteroatoms. The molecule has 0 saturated carbocycles. The summed E-state index contributed by atoms with van der Waals surface area (Å²) in [7, 11) is 0. The van der Waals surface area contributed by atoms with Gasteiger partial charge in [0.15, 0.2) is 11.5 Å². The molecule has 2 atom stereocenters. The van der Waals surface area contributed by atoms with E-state index in [0.717, 1.165) is 46.2 Å². The van der Waals surface area contributed by atoms with Gasteiger partial charge < -0.3 is 29.8 Å². The molecule has 0 bridgehead atoms. The van der Waals surface area contributed by atoms with Crippen molar-refractivity contribution in [1.82, 2.24) is 9.80 Å². The Bertz CT molecular complexity index is 2490. The standard InChI is InChI=1S/C48H42F6N2O10S/c49-47(50,51)43-37(15-9-27(11-17-39(57)55-21-3-1-5-33(55)45(59)60)41(43)31-7-13-35-29(25-31)19-23-63-65-35)67-38-16-10-28(12-18-40(58)56-22-4-2-6-34(56)46(61)62)42(44(38)48(52,53)54)32-8-14-36-30(26-32)20-24-64-66-36/h7-18,25-26,33-34H,1-6,19-24H2,(H,59,60)(H,61,62). The van der Waals surface area contributed by atoms with E-state index >= 15 is 26.3 Å². The van der Waals surface area contributed by atoms with Crippen LogP contribution in [0.25, 0.3) is 34.4 Å². The number of fused-ring (bicyclic) bond motifs is 2. The first-order valence-corrected chi connectivity index (χ1v) is 22.3. The van der Waals surface area contributed by atoms with E-state index in [9.17, 15) is 29.4 Å². The van der Waals surface area contributed by atoms with Crippen LogP contribution < -0.4 is 9.78 Å². The Labute approximate surface area is 383 Å². The predicted octanol–water partition coefficient (Wildman–Crippen LogP) is 9.90. The molecular formula is C48H42F6N2O10S. The molecule has 4 aromatic rings. The van der Waals surface area contributed by atoms with Crippen molar-refractivity contribution >= 4 is 47.7 Å². The summed E-state index contributed by atoms with van der Waals surface area (Å²) >= 11 is 0.230. The summed E-state index contributed by atoms with van der Waals surface area (Å²) in [5.41, 5.74) is -2.75. The van der Waals surface area contributed by atoms with Crippen LogP contribution >= 0.6 is 11.8 Å². The van der Waals surface area contributed by atoms with Crippen molar-refractivity contribution in [2.45, 2.75) is 85.6 Å². The maximum absolute atomic E-state index is 15.8. The number of halogens is 6. The SMILES string of the molecule is O=C(O)C1CCCCN1C(=O)C=Cc1ccc(Sc2ccc(C=CC(=O)N3CCCCC3C(=O)O)c(-c3ccc4c(c3)CCOO4)c2C(F)(F)F)c(C(F)(F)F)c1-c1ccc2c(c1)CCOO2. The lowest BCUT2D eigenvalue weighted by molar-refractivity contribution is -0.215. The van der Waals surface area contributed by atoms with E-state index in [1.165, 1.54) is 48.5 Å². The molecule has 2 saturated heterocycles. The maximum atomic E-state index is 15.8. The molecule has 2 fully saturated rings. The zero-order chi connectivity index (χ0) is 47.6. The highest BCUT2D eigenvalue weighted by atomic mass is 32.2. The molecule has 0 aromatic heterocycles. The molecule has 67 heavy (non-hydrogen) atoms. The number of hydrogen-bond donors (Lipinski definition) is 2. The van der Waals surface area contributed by atoms with Gasteiger partial charge in [0.1, 0.15) is 12.1 Å². The zero-order valence-electron chi connectivity index (χ0n) is 35.5. The molecule has 4 aromatic carbocycles. The first-order valence-electron chi connectivity index (χ1n) is 21.4. The number of benzene rings is 4. The van der Waals surface area contributed by atoms with Gasteiger partial charge in [0, 0.05) is 70.1 Å².